The van der Waals surface area contributed by atoms with Gasteiger partial charge in [0.25, 0.3) is 5.91 Å². The molecule has 86 valence electrons. The maximum Gasteiger partial charge on any atom is 0.251 e. The lowest BCUT2D eigenvalue weighted by Crippen LogP contribution is -2.29. The average molecular weight is 222 g/mol. The van der Waals surface area contributed by atoms with Gasteiger partial charge in [0.2, 0.25) is 0 Å². The van der Waals surface area contributed by atoms with E-state index in [9.17, 15) is 9.90 Å². The zero-order valence-electron chi connectivity index (χ0n) is 8.93. The Bertz CT molecular complexity index is 420. The van der Waals surface area contributed by atoms with Gasteiger partial charge in [-0.3, -0.25) is 4.79 Å². The molecule has 1 fully saturated rings. The van der Waals surface area contributed by atoms with Crippen LogP contribution in [0, 0.1) is 0 Å². The van der Waals surface area contributed by atoms with Crippen LogP contribution in [0.25, 0.3) is 0 Å². The van der Waals surface area contributed by atoms with E-state index < -0.39 is 0 Å². The molecule has 1 aliphatic carbocycles. The van der Waals surface area contributed by atoms with Crippen molar-refractivity contribution in [2.75, 3.05) is 7.11 Å². The Morgan fingerprint density at radius 3 is 2.81 bits per heavy atom. The average Bonchev–Trinajstić information content (AvgIpc) is 2.94. The molecular formula is C11H14N2O3. The summed E-state index contributed by atoms with van der Waals surface area (Å²) in [5.41, 5.74) is 5.98. The summed E-state index contributed by atoms with van der Waals surface area (Å²) in [5.74, 6) is 0.0748. The lowest BCUT2D eigenvalue weighted by molar-refractivity contribution is 0.0950. The van der Waals surface area contributed by atoms with Crippen LogP contribution < -0.4 is 15.8 Å². The second-order valence-electron chi connectivity index (χ2n) is 3.87. The van der Waals surface area contributed by atoms with E-state index in [4.69, 9.17) is 10.5 Å². The largest absolute Gasteiger partial charge is 0.504 e. The number of nitrogens with one attached hydrogen (secondary N) is 1. The van der Waals surface area contributed by atoms with Gasteiger partial charge in [-0.2, -0.15) is 0 Å². The van der Waals surface area contributed by atoms with Crippen LogP contribution in [-0.2, 0) is 0 Å². The Hall–Kier alpha value is -1.75. The molecule has 0 saturated heterocycles. The molecule has 4 N–H and O–H groups in total. The smallest absolute Gasteiger partial charge is 0.251 e. The fourth-order valence-corrected chi connectivity index (χ4v) is 1.46. The van der Waals surface area contributed by atoms with Crippen LogP contribution in [-0.4, -0.2) is 30.2 Å². The molecule has 5 heteroatoms. The molecule has 1 aromatic rings. The minimum atomic E-state index is -0.226. The SMILES string of the molecule is COc1ccc(C(=O)NC2CC2N)cc1O. The predicted molar refractivity (Wildman–Crippen MR) is 58.5 cm³/mol. The molecule has 0 spiro atoms. The number of nitrogens with two attached hydrogens (primary N) is 1. The lowest BCUT2D eigenvalue weighted by Gasteiger charge is -2.06. The predicted octanol–water partition coefficient (Wildman–Crippen LogP) is 0.230. The van der Waals surface area contributed by atoms with Crippen LogP contribution in [0.1, 0.15) is 16.8 Å². The fraction of sp³-hybridized carbons (Fsp3) is 0.364. The topological polar surface area (TPSA) is 84.6 Å². The molecule has 2 rings (SSSR count). The van der Waals surface area contributed by atoms with Gasteiger partial charge in [-0.1, -0.05) is 0 Å². The van der Waals surface area contributed by atoms with Crippen molar-refractivity contribution in [3.05, 3.63) is 23.8 Å². The number of methoxy groups -OCH3 is 1. The summed E-state index contributed by atoms with van der Waals surface area (Å²) < 4.78 is 4.89. The number of carbonyl (C=O) groups is 1. The highest BCUT2D eigenvalue weighted by atomic mass is 16.5. The zero-order chi connectivity index (χ0) is 11.7. The first-order valence-electron chi connectivity index (χ1n) is 5.05. The molecule has 1 amide bonds. The summed E-state index contributed by atoms with van der Waals surface area (Å²) in [7, 11) is 1.46. The number of phenols is 1. The third kappa shape index (κ3) is 2.09. The van der Waals surface area contributed by atoms with Crippen molar-refractivity contribution in [3.8, 4) is 11.5 Å². The van der Waals surface area contributed by atoms with Crippen LogP contribution >= 0.6 is 0 Å². The molecule has 1 aliphatic rings. The van der Waals surface area contributed by atoms with Gasteiger partial charge in [0.15, 0.2) is 11.5 Å². The van der Waals surface area contributed by atoms with E-state index in [1.165, 1.54) is 13.2 Å². The van der Waals surface area contributed by atoms with Crippen molar-refractivity contribution in [2.24, 2.45) is 5.73 Å². The molecule has 0 radical (unpaired) electrons. The van der Waals surface area contributed by atoms with Gasteiger partial charge in [-0.25, -0.2) is 0 Å². The summed E-state index contributed by atoms with van der Waals surface area (Å²) in [5, 5.41) is 12.3. The third-order valence-corrected chi connectivity index (χ3v) is 2.60. The van der Waals surface area contributed by atoms with Crippen molar-refractivity contribution in [1.29, 1.82) is 0 Å². The van der Waals surface area contributed by atoms with Crippen molar-refractivity contribution in [1.82, 2.24) is 5.32 Å². The molecule has 1 saturated carbocycles. The van der Waals surface area contributed by atoms with Gasteiger partial charge in [-0.15, -0.1) is 0 Å². The molecular weight excluding hydrogens is 208 g/mol. The van der Waals surface area contributed by atoms with E-state index in [2.05, 4.69) is 5.32 Å². The molecule has 0 bridgehead atoms. The number of aromatic hydroxyl groups is 1. The lowest BCUT2D eigenvalue weighted by atomic mass is 10.2. The number of ether oxygens (including phenoxy) is 1. The molecule has 0 aliphatic heterocycles. The molecule has 0 aromatic heterocycles. The van der Waals surface area contributed by atoms with Crippen LogP contribution in [0.3, 0.4) is 0 Å². The number of rotatable bonds is 3. The highest BCUT2D eigenvalue weighted by Crippen LogP contribution is 2.26. The third-order valence-electron chi connectivity index (χ3n) is 2.60. The standard InChI is InChI=1S/C11H14N2O3/c1-16-10-3-2-6(4-9(10)14)11(15)13-8-5-7(8)12/h2-4,7-8,14H,5,12H2,1H3,(H,13,15). The number of hydrogen-bond donors (Lipinski definition) is 3. The van der Waals surface area contributed by atoms with Crippen LogP contribution in [0.2, 0.25) is 0 Å². The normalized spacial score (nSPS) is 22.6. The van der Waals surface area contributed by atoms with Crippen LogP contribution in [0.15, 0.2) is 18.2 Å². The highest BCUT2D eigenvalue weighted by Gasteiger charge is 2.34. The summed E-state index contributed by atoms with van der Waals surface area (Å²) in [6, 6.07) is 4.66. The van der Waals surface area contributed by atoms with Crippen molar-refractivity contribution in [2.45, 2.75) is 18.5 Å². The second-order valence-corrected chi connectivity index (χ2v) is 3.87. The number of hydrogen-bond acceptors (Lipinski definition) is 4. The monoisotopic (exact) mass is 222 g/mol. The molecule has 0 heterocycles. The van der Waals surface area contributed by atoms with E-state index in [1.807, 2.05) is 0 Å². The van der Waals surface area contributed by atoms with E-state index in [0.717, 1.165) is 6.42 Å². The molecule has 2 unspecified atom stereocenters. The van der Waals surface area contributed by atoms with E-state index in [0.29, 0.717) is 11.3 Å². The second kappa shape index (κ2) is 4.02. The molecule has 5 nitrogen and oxygen atoms in total. The zero-order valence-corrected chi connectivity index (χ0v) is 8.93. The quantitative estimate of drug-likeness (QED) is 0.683. The van der Waals surface area contributed by atoms with Crippen molar-refractivity contribution in [3.63, 3.8) is 0 Å². The van der Waals surface area contributed by atoms with Gasteiger partial charge in [0, 0.05) is 17.6 Å². The number of benzene rings is 1. The van der Waals surface area contributed by atoms with Gasteiger partial charge in [-0.05, 0) is 24.6 Å². The van der Waals surface area contributed by atoms with E-state index >= 15 is 0 Å². The Labute approximate surface area is 93.2 Å². The van der Waals surface area contributed by atoms with Gasteiger partial charge in [0.1, 0.15) is 0 Å². The maximum absolute atomic E-state index is 11.7. The molecule has 2 atom stereocenters. The molecule has 16 heavy (non-hydrogen) atoms. The summed E-state index contributed by atoms with van der Waals surface area (Å²) in [6.45, 7) is 0. The summed E-state index contributed by atoms with van der Waals surface area (Å²) in [4.78, 5) is 11.7. The van der Waals surface area contributed by atoms with Gasteiger partial charge >= 0.3 is 0 Å². The summed E-state index contributed by atoms with van der Waals surface area (Å²) >= 11 is 0. The Morgan fingerprint density at radius 2 is 2.31 bits per heavy atom. The van der Waals surface area contributed by atoms with Crippen molar-refractivity contribution < 1.29 is 14.6 Å². The Morgan fingerprint density at radius 1 is 1.62 bits per heavy atom. The van der Waals surface area contributed by atoms with Crippen LogP contribution in [0.4, 0.5) is 0 Å². The number of carbonyl (C=O) groups excluding carboxylic acids is 1. The summed E-state index contributed by atoms with van der Waals surface area (Å²) in [6.07, 6.45) is 0.813. The Kier molecular flexibility index (Phi) is 2.70. The minimum absolute atomic E-state index is 0.0461. The van der Waals surface area contributed by atoms with Crippen molar-refractivity contribution >= 4 is 5.91 Å². The molecule has 1 aromatic carbocycles. The highest BCUT2D eigenvalue weighted by molar-refractivity contribution is 5.95. The first-order valence-corrected chi connectivity index (χ1v) is 5.05. The Balaban J connectivity index is 2.08. The number of phenolic OH excluding ortho intramolecular Hbond substituents is 1. The van der Waals surface area contributed by atoms with E-state index in [1.54, 1.807) is 12.1 Å². The maximum atomic E-state index is 11.7. The minimum Gasteiger partial charge on any atom is -0.504 e. The number of amides is 1. The van der Waals surface area contributed by atoms with Gasteiger partial charge in [0.05, 0.1) is 7.11 Å². The fourth-order valence-electron chi connectivity index (χ4n) is 1.46. The first kappa shape index (κ1) is 10.8. The van der Waals surface area contributed by atoms with Crippen LogP contribution in [0.5, 0.6) is 11.5 Å². The van der Waals surface area contributed by atoms with Gasteiger partial charge < -0.3 is 20.9 Å². The van der Waals surface area contributed by atoms with E-state index in [-0.39, 0.29) is 23.7 Å². The first-order chi connectivity index (χ1) is 7.61.